The number of carbonyl (C=O) groups excluding carboxylic acids is 3. The van der Waals surface area contributed by atoms with Crippen LogP contribution in [0, 0.1) is 22.0 Å². The summed E-state index contributed by atoms with van der Waals surface area (Å²) in [7, 11) is 3.95. The van der Waals surface area contributed by atoms with Crippen molar-refractivity contribution in [3.8, 4) is 11.5 Å². The fourth-order valence-electron chi connectivity index (χ4n) is 3.33. The first-order valence-electron chi connectivity index (χ1n) is 11.1. The molecule has 0 aliphatic carbocycles. The van der Waals surface area contributed by atoms with Crippen molar-refractivity contribution in [3.05, 3.63) is 27.8 Å². The summed E-state index contributed by atoms with van der Waals surface area (Å²) in [5.74, 6) is -0.629. The highest BCUT2D eigenvalue weighted by atomic mass is 16.6. The van der Waals surface area contributed by atoms with Crippen LogP contribution in [0.3, 0.4) is 0 Å². The third kappa shape index (κ3) is 9.30. The smallest absolute Gasteiger partial charge is 0.408 e. The second kappa shape index (κ2) is 14.0. The van der Waals surface area contributed by atoms with E-state index in [0.29, 0.717) is 6.42 Å². The van der Waals surface area contributed by atoms with E-state index in [-0.39, 0.29) is 41.0 Å². The maximum absolute atomic E-state index is 12.9. The number of esters is 1. The minimum Gasteiger partial charge on any atom is -0.493 e. The number of benzene rings is 1. The Morgan fingerprint density at radius 3 is 1.94 bits per heavy atom. The van der Waals surface area contributed by atoms with Crippen LogP contribution in [0.15, 0.2) is 12.1 Å². The molecule has 196 valence electrons. The Morgan fingerprint density at radius 1 is 0.914 bits per heavy atom. The van der Waals surface area contributed by atoms with E-state index < -0.39 is 41.6 Å². The van der Waals surface area contributed by atoms with Crippen LogP contribution < -0.4 is 20.1 Å². The number of methoxy groups -OCH3 is 3. The summed E-state index contributed by atoms with van der Waals surface area (Å²) < 4.78 is 20.2. The number of ether oxygens (including phenoxy) is 4. The van der Waals surface area contributed by atoms with Crippen molar-refractivity contribution in [2.45, 2.75) is 59.2 Å². The molecular weight excluding hydrogens is 462 g/mol. The number of nitro benzene ring substituents is 1. The van der Waals surface area contributed by atoms with Crippen molar-refractivity contribution in [2.75, 3.05) is 21.3 Å². The summed E-state index contributed by atoms with van der Waals surface area (Å²) >= 11 is 0. The Labute approximate surface area is 204 Å². The molecular formula is C23H35N3O9. The van der Waals surface area contributed by atoms with E-state index in [4.69, 9.17) is 18.9 Å². The van der Waals surface area contributed by atoms with Crippen molar-refractivity contribution in [2.24, 2.45) is 11.8 Å². The summed E-state index contributed by atoms with van der Waals surface area (Å²) in [5, 5.41) is 16.6. The van der Waals surface area contributed by atoms with Gasteiger partial charge in [-0.2, -0.15) is 0 Å². The summed E-state index contributed by atoms with van der Waals surface area (Å²) in [6, 6.07) is 0.651. The molecule has 35 heavy (non-hydrogen) atoms. The quantitative estimate of drug-likeness (QED) is 0.238. The molecule has 0 aromatic heterocycles. The molecule has 2 amide bonds. The lowest BCUT2D eigenvalue weighted by atomic mass is 10.0. The number of nitrogens with zero attached hydrogens (tertiary/aromatic N) is 1. The van der Waals surface area contributed by atoms with Crippen molar-refractivity contribution in [3.63, 3.8) is 0 Å². The van der Waals surface area contributed by atoms with Gasteiger partial charge in [0, 0.05) is 0 Å². The topological polar surface area (TPSA) is 155 Å². The molecule has 2 N–H and O–H groups in total. The molecule has 0 aliphatic rings. The minimum absolute atomic E-state index is 0.0275. The zero-order chi connectivity index (χ0) is 26.7. The molecule has 12 nitrogen and oxygen atoms in total. The van der Waals surface area contributed by atoms with Crippen molar-refractivity contribution in [1.29, 1.82) is 0 Å². The molecule has 0 heterocycles. The summed E-state index contributed by atoms with van der Waals surface area (Å²) in [5.41, 5.74) is -0.239. The molecule has 0 bridgehead atoms. The van der Waals surface area contributed by atoms with Gasteiger partial charge in [0.15, 0.2) is 11.5 Å². The lowest BCUT2D eigenvalue weighted by Crippen LogP contribution is -2.52. The third-order valence-corrected chi connectivity index (χ3v) is 4.97. The average Bonchev–Trinajstić information content (AvgIpc) is 2.79. The van der Waals surface area contributed by atoms with E-state index in [1.165, 1.54) is 33.5 Å². The van der Waals surface area contributed by atoms with Gasteiger partial charge in [0.1, 0.15) is 18.7 Å². The molecule has 0 saturated carbocycles. The summed E-state index contributed by atoms with van der Waals surface area (Å²) in [6.07, 6.45) is -0.318. The van der Waals surface area contributed by atoms with E-state index in [2.05, 4.69) is 10.6 Å². The largest absolute Gasteiger partial charge is 0.493 e. The Hall–Kier alpha value is -3.57. The Bertz CT molecular complexity index is 902. The number of nitro groups is 1. The van der Waals surface area contributed by atoms with Crippen LogP contribution in [-0.2, 0) is 25.7 Å². The Morgan fingerprint density at radius 2 is 1.46 bits per heavy atom. The van der Waals surface area contributed by atoms with E-state index >= 15 is 0 Å². The maximum atomic E-state index is 12.9. The van der Waals surface area contributed by atoms with Gasteiger partial charge in [-0.15, -0.1) is 0 Å². The van der Waals surface area contributed by atoms with E-state index in [0.717, 1.165) is 0 Å². The first kappa shape index (κ1) is 29.5. The predicted molar refractivity (Wildman–Crippen MR) is 126 cm³/mol. The number of nitrogens with one attached hydrogen (secondary N) is 2. The first-order valence-corrected chi connectivity index (χ1v) is 11.1. The third-order valence-electron chi connectivity index (χ3n) is 4.97. The van der Waals surface area contributed by atoms with E-state index in [1.807, 2.05) is 27.7 Å². The second-order valence-electron chi connectivity index (χ2n) is 8.71. The maximum Gasteiger partial charge on any atom is 0.408 e. The van der Waals surface area contributed by atoms with E-state index in [1.54, 1.807) is 0 Å². The minimum atomic E-state index is -0.998. The van der Waals surface area contributed by atoms with Crippen molar-refractivity contribution >= 4 is 23.7 Å². The molecule has 1 aromatic rings. The zero-order valence-electron chi connectivity index (χ0n) is 21.2. The van der Waals surface area contributed by atoms with Crippen LogP contribution >= 0.6 is 0 Å². The lowest BCUT2D eigenvalue weighted by molar-refractivity contribution is -0.385. The van der Waals surface area contributed by atoms with Crippen LogP contribution in [0.25, 0.3) is 0 Å². The number of rotatable bonds is 13. The SMILES string of the molecule is COC(=O)[C@H](CC(C)C)NC(=O)[C@H](CC(C)C)NC(=O)OCc1cc(OC)c(OC)cc1[N+](=O)[O-]. The van der Waals surface area contributed by atoms with Crippen LogP contribution in [0.4, 0.5) is 10.5 Å². The van der Waals surface area contributed by atoms with Gasteiger partial charge in [-0.25, -0.2) is 9.59 Å². The van der Waals surface area contributed by atoms with Crippen molar-refractivity contribution < 1.29 is 38.3 Å². The van der Waals surface area contributed by atoms with Gasteiger partial charge in [0.05, 0.1) is 37.9 Å². The first-order chi connectivity index (χ1) is 16.4. The number of alkyl carbamates (subject to hydrolysis) is 1. The standard InChI is InChI=1S/C23H35N3O9/c1-13(2)8-16(21(27)24-17(9-14(3)4)22(28)34-7)25-23(29)35-12-15-10-19(32-5)20(33-6)11-18(15)26(30)31/h10-11,13-14,16-17H,8-9,12H2,1-7H3,(H,24,27)(H,25,29)/t16-,17-/m0/s1. The van der Waals surface area contributed by atoms with Gasteiger partial charge in [-0.05, 0) is 30.7 Å². The Balaban J connectivity index is 2.98. The van der Waals surface area contributed by atoms with Gasteiger partial charge in [-0.1, -0.05) is 27.7 Å². The van der Waals surface area contributed by atoms with Crippen LogP contribution in [0.2, 0.25) is 0 Å². The number of amides is 2. The highest BCUT2D eigenvalue weighted by molar-refractivity contribution is 5.89. The molecule has 12 heteroatoms. The van der Waals surface area contributed by atoms with Gasteiger partial charge in [0.2, 0.25) is 5.91 Å². The van der Waals surface area contributed by atoms with Gasteiger partial charge in [0.25, 0.3) is 5.69 Å². The van der Waals surface area contributed by atoms with Gasteiger partial charge >= 0.3 is 12.1 Å². The molecule has 0 unspecified atom stereocenters. The highest BCUT2D eigenvalue weighted by Crippen LogP contribution is 2.34. The number of hydrogen-bond donors (Lipinski definition) is 2. The zero-order valence-corrected chi connectivity index (χ0v) is 21.2. The molecule has 0 spiro atoms. The van der Waals surface area contributed by atoms with Crippen LogP contribution in [0.5, 0.6) is 11.5 Å². The van der Waals surface area contributed by atoms with Gasteiger partial charge in [-0.3, -0.25) is 14.9 Å². The molecule has 0 saturated heterocycles. The van der Waals surface area contributed by atoms with E-state index in [9.17, 15) is 24.5 Å². The molecule has 1 rings (SSSR count). The van der Waals surface area contributed by atoms with Crippen molar-refractivity contribution in [1.82, 2.24) is 10.6 Å². The fourth-order valence-corrected chi connectivity index (χ4v) is 3.33. The summed E-state index contributed by atoms with van der Waals surface area (Å²) in [4.78, 5) is 48.3. The highest BCUT2D eigenvalue weighted by Gasteiger charge is 2.29. The van der Waals surface area contributed by atoms with Gasteiger partial charge < -0.3 is 29.6 Å². The normalized spacial score (nSPS) is 12.5. The summed E-state index contributed by atoms with van der Waals surface area (Å²) in [6.45, 7) is 7.09. The monoisotopic (exact) mass is 497 g/mol. The number of carbonyl (C=O) groups is 3. The average molecular weight is 498 g/mol. The lowest BCUT2D eigenvalue weighted by Gasteiger charge is -2.24. The molecule has 0 radical (unpaired) electrons. The molecule has 1 aromatic carbocycles. The number of hydrogen-bond acceptors (Lipinski definition) is 9. The Kier molecular flexibility index (Phi) is 11.8. The molecule has 0 fully saturated rings. The molecule has 0 aliphatic heterocycles. The molecule has 2 atom stereocenters. The van der Waals surface area contributed by atoms with Crippen LogP contribution in [-0.4, -0.2) is 56.3 Å². The second-order valence-corrected chi connectivity index (χ2v) is 8.71. The fraction of sp³-hybridized carbons (Fsp3) is 0.609. The predicted octanol–water partition coefficient (Wildman–Crippen LogP) is 2.96. The van der Waals surface area contributed by atoms with Crippen LogP contribution in [0.1, 0.15) is 46.1 Å².